The number of carboxylic acid groups (broad SMARTS) is 1. The molecule has 1 atom stereocenters. The Balaban J connectivity index is 1.61. The summed E-state index contributed by atoms with van der Waals surface area (Å²) in [5.41, 5.74) is 2.19. The molecule has 1 fully saturated rings. The number of ether oxygens (including phenoxy) is 2. The molecule has 30 heavy (non-hydrogen) atoms. The van der Waals surface area contributed by atoms with Crippen LogP contribution in [0, 0.1) is 0 Å². The van der Waals surface area contributed by atoms with Crippen LogP contribution in [0.2, 0.25) is 0 Å². The van der Waals surface area contributed by atoms with E-state index in [9.17, 15) is 14.7 Å². The molecule has 7 heteroatoms. The average molecular weight is 404 g/mol. The zero-order valence-electron chi connectivity index (χ0n) is 16.4. The van der Waals surface area contributed by atoms with Crippen LogP contribution in [0.4, 0.5) is 0 Å². The minimum atomic E-state index is -1.10. The molecule has 1 N–H and O–H groups in total. The fraction of sp³-hybridized carbons (Fsp3) is 0.174. The Bertz CT molecular complexity index is 1100. The molecule has 4 rings (SSSR count). The second-order valence-corrected chi connectivity index (χ2v) is 7.19. The normalized spacial score (nSPS) is 18.3. The van der Waals surface area contributed by atoms with Crippen molar-refractivity contribution >= 4 is 11.9 Å². The number of carbonyl (C=O) groups is 2. The van der Waals surface area contributed by atoms with E-state index in [1.807, 2.05) is 54.6 Å². The molecule has 3 aromatic rings. The van der Waals surface area contributed by atoms with Crippen molar-refractivity contribution in [3.63, 3.8) is 0 Å². The van der Waals surface area contributed by atoms with Gasteiger partial charge in [-0.05, 0) is 16.7 Å². The fourth-order valence-corrected chi connectivity index (χ4v) is 3.53. The van der Waals surface area contributed by atoms with Crippen LogP contribution in [-0.4, -0.2) is 33.4 Å². The number of carbonyl (C=O) groups excluding carboxylic acids is 1. The van der Waals surface area contributed by atoms with Crippen LogP contribution in [0.1, 0.15) is 22.5 Å². The lowest BCUT2D eigenvalue weighted by Gasteiger charge is -2.27. The van der Waals surface area contributed by atoms with Crippen molar-refractivity contribution in [2.75, 3.05) is 6.61 Å². The van der Waals surface area contributed by atoms with Crippen LogP contribution in [0.3, 0.4) is 0 Å². The quantitative estimate of drug-likeness (QED) is 0.499. The van der Waals surface area contributed by atoms with Crippen LogP contribution in [0.15, 0.2) is 72.8 Å². The van der Waals surface area contributed by atoms with Gasteiger partial charge in [0.1, 0.15) is 12.3 Å². The Morgan fingerprint density at radius 3 is 2.43 bits per heavy atom. The van der Waals surface area contributed by atoms with Crippen molar-refractivity contribution in [1.29, 1.82) is 0 Å². The number of carboxylic acids is 1. The lowest BCUT2D eigenvalue weighted by atomic mass is 9.89. The first-order valence-corrected chi connectivity index (χ1v) is 9.35. The molecule has 0 aliphatic carbocycles. The molecule has 1 aliphatic rings. The Morgan fingerprint density at radius 2 is 1.87 bits per heavy atom. The second kappa shape index (κ2) is 7.51. The van der Waals surface area contributed by atoms with Gasteiger partial charge in [0.25, 0.3) is 0 Å². The SMILES string of the molecule is C=C1CC(COc2cc(C(=O)O)n(C)n2)(c2ccc(-c3ccccc3)cc2)OC1=O. The number of aromatic carboxylic acids is 1. The van der Waals surface area contributed by atoms with Crippen LogP contribution in [0.25, 0.3) is 11.1 Å². The highest BCUT2D eigenvalue weighted by molar-refractivity contribution is 5.90. The maximum absolute atomic E-state index is 12.1. The number of aromatic nitrogens is 2. The highest BCUT2D eigenvalue weighted by Crippen LogP contribution is 2.40. The van der Waals surface area contributed by atoms with Crippen LogP contribution < -0.4 is 4.74 Å². The van der Waals surface area contributed by atoms with E-state index in [2.05, 4.69) is 11.7 Å². The van der Waals surface area contributed by atoms with E-state index < -0.39 is 17.5 Å². The number of benzene rings is 2. The third kappa shape index (κ3) is 3.57. The summed E-state index contributed by atoms with van der Waals surface area (Å²) < 4.78 is 12.7. The van der Waals surface area contributed by atoms with E-state index >= 15 is 0 Å². The molecule has 1 unspecified atom stereocenters. The van der Waals surface area contributed by atoms with Crippen molar-refractivity contribution in [1.82, 2.24) is 9.78 Å². The summed E-state index contributed by atoms with van der Waals surface area (Å²) >= 11 is 0. The van der Waals surface area contributed by atoms with E-state index in [1.54, 1.807) is 0 Å². The Labute approximate surface area is 173 Å². The molecule has 2 aromatic carbocycles. The fourth-order valence-electron chi connectivity index (χ4n) is 3.53. The van der Waals surface area contributed by atoms with E-state index in [-0.39, 0.29) is 24.6 Å². The summed E-state index contributed by atoms with van der Waals surface area (Å²) in [6, 6.07) is 19.0. The summed E-state index contributed by atoms with van der Waals surface area (Å²) in [5.74, 6) is -1.44. The third-order valence-electron chi connectivity index (χ3n) is 5.12. The van der Waals surface area contributed by atoms with Crippen molar-refractivity contribution in [3.8, 4) is 17.0 Å². The van der Waals surface area contributed by atoms with Crippen LogP contribution in [-0.2, 0) is 22.2 Å². The average Bonchev–Trinajstić information content (AvgIpc) is 3.27. The molecule has 1 aliphatic heterocycles. The molecule has 0 bridgehead atoms. The van der Waals surface area contributed by atoms with E-state index in [1.165, 1.54) is 17.8 Å². The summed E-state index contributed by atoms with van der Waals surface area (Å²) in [6.07, 6.45) is 0.273. The van der Waals surface area contributed by atoms with Crippen molar-refractivity contribution in [2.45, 2.75) is 12.0 Å². The van der Waals surface area contributed by atoms with Crippen molar-refractivity contribution in [2.24, 2.45) is 7.05 Å². The molecular formula is C23H20N2O5. The standard InChI is InChI=1S/C23H20N2O5/c1-15-13-23(30-22(15)28,14-29-20-12-19(21(26)27)25(2)24-20)18-10-8-17(9-11-18)16-6-4-3-5-7-16/h3-12H,1,13-14H2,2H3,(H,26,27). The van der Waals surface area contributed by atoms with Gasteiger partial charge < -0.3 is 14.6 Å². The first-order valence-electron chi connectivity index (χ1n) is 9.35. The predicted octanol–water partition coefficient (Wildman–Crippen LogP) is 3.56. The molecule has 1 saturated heterocycles. The minimum Gasteiger partial charge on any atom is -0.477 e. The third-order valence-corrected chi connectivity index (χ3v) is 5.12. The zero-order valence-corrected chi connectivity index (χ0v) is 16.4. The van der Waals surface area contributed by atoms with Crippen LogP contribution >= 0.6 is 0 Å². The number of cyclic esters (lactones) is 1. The van der Waals surface area contributed by atoms with Crippen molar-refractivity contribution in [3.05, 3.63) is 84.1 Å². The maximum atomic E-state index is 12.1. The smallest absolute Gasteiger partial charge is 0.354 e. The first-order chi connectivity index (χ1) is 14.4. The van der Waals surface area contributed by atoms with Gasteiger partial charge >= 0.3 is 11.9 Å². The monoisotopic (exact) mass is 404 g/mol. The minimum absolute atomic E-state index is 0.000842. The van der Waals surface area contributed by atoms with Gasteiger partial charge in [-0.3, -0.25) is 4.68 Å². The van der Waals surface area contributed by atoms with Gasteiger partial charge in [0.15, 0.2) is 5.60 Å². The molecule has 1 aromatic heterocycles. The highest BCUT2D eigenvalue weighted by Gasteiger charge is 2.45. The molecule has 0 radical (unpaired) electrons. The maximum Gasteiger partial charge on any atom is 0.354 e. The number of nitrogens with zero attached hydrogens (tertiary/aromatic N) is 2. The van der Waals surface area contributed by atoms with Gasteiger partial charge in [0.2, 0.25) is 5.88 Å². The number of hydrogen-bond donors (Lipinski definition) is 1. The Kier molecular flexibility index (Phi) is 4.87. The number of esters is 1. The largest absolute Gasteiger partial charge is 0.477 e. The van der Waals surface area contributed by atoms with Gasteiger partial charge in [0, 0.05) is 25.1 Å². The number of hydrogen-bond acceptors (Lipinski definition) is 5. The lowest BCUT2D eigenvalue weighted by molar-refractivity contribution is -0.150. The molecule has 0 saturated carbocycles. The van der Waals surface area contributed by atoms with E-state index in [0.29, 0.717) is 5.57 Å². The number of aryl methyl sites for hydroxylation is 1. The molecular weight excluding hydrogens is 384 g/mol. The summed E-state index contributed by atoms with van der Waals surface area (Å²) in [5, 5.41) is 13.2. The van der Waals surface area contributed by atoms with Gasteiger partial charge in [-0.2, -0.15) is 0 Å². The van der Waals surface area contributed by atoms with E-state index in [0.717, 1.165) is 16.7 Å². The summed E-state index contributed by atoms with van der Waals surface area (Å²) in [6.45, 7) is 3.77. The highest BCUT2D eigenvalue weighted by atomic mass is 16.6. The molecule has 0 amide bonds. The molecule has 7 nitrogen and oxygen atoms in total. The zero-order chi connectivity index (χ0) is 21.3. The lowest BCUT2D eigenvalue weighted by Crippen LogP contribution is -2.33. The summed E-state index contributed by atoms with van der Waals surface area (Å²) in [4.78, 5) is 23.4. The molecule has 2 heterocycles. The van der Waals surface area contributed by atoms with Gasteiger partial charge in [-0.1, -0.05) is 61.2 Å². The topological polar surface area (TPSA) is 90.7 Å². The summed E-state index contributed by atoms with van der Waals surface area (Å²) in [7, 11) is 1.52. The van der Waals surface area contributed by atoms with Gasteiger partial charge in [-0.25, -0.2) is 9.59 Å². The predicted molar refractivity (Wildman–Crippen MR) is 109 cm³/mol. The van der Waals surface area contributed by atoms with E-state index in [4.69, 9.17) is 9.47 Å². The van der Waals surface area contributed by atoms with Crippen LogP contribution in [0.5, 0.6) is 5.88 Å². The van der Waals surface area contributed by atoms with Gasteiger partial charge in [-0.15, -0.1) is 5.10 Å². The Morgan fingerprint density at radius 1 is 1.20 bits per heavy atom. The first kappa shape index (κ1) is 19.4. The Hall–Kier alpha value is -3.87. The van der Waals surface area contributed by atoms with Crippen molar-refractivity contribution < 1.29 is 24.2 Å². The second-order valence-electron chi connectivity index (χ2n) is 7.19. The number of rotatable bonds is 6. The molecule has 0 spiro atoms. The molecule has 152 valence electrons. The van der Waals surface area contributed by atoms with Gasteiger partial charge in [0.05, 0.1) is 0 Å².